The molecule has 4 aromatic carbocycles. The van der Waals surface area contributed by atoms with Crippen LogP contribution in [0, 0.1) is 5.92 Å². The number of hydrogen-bond donors (Lipinski definition) is 2. The van der Waals surface area contributed by atoms with Gasteiger partial charge in [0.25, 0.3) is 0 Å². The number of amides is 2. The normalized spacial score (nSPS) is 22.5. The first-order chi connectivity index (χ1) is 27.5. The maximum atomic E-state index is 13.2. The first kappa shape index (κ1) is 40.3. The van der Waals surface area contributed by atoms with E-state index >= 15 is 0 Å². The standard InChI is InChI=1S/C44H48F3N3O7/c1-27-39(25-49-20-18-32-21-37(54-2)38(55-3)22-34(32)24-49)56-42(57-40(27)30-12-10-28(26-51)11-13-30)31-16-14-29(15-17-31)35-8-5-4-7-33(35)23-48-41(52)36-9-6-19-50(36)43(53)44(45,46)47/h4-5,7-8,10-17,21-22,27,36,39-40,42,51H,6,9,18-20,23-26H2,1-3H3,(H,48,52). The zero-order chi connectivity index (χ0) is 40.3. The molecule has 3 heterocycles. The van der Waals surface area contributed by atoms with Crippen molar-refractivity contribution in [3.05, 3.63) is 118 Å². The number of benzene rings is 4. The smallest absolute Gasteiger partial charge is 0.471 e. The Hall–Kier alpha value is -4.95. The minimum absolute atomic E-state index is 0.00252. The molecule has 5 unspecified atom stereocenters. The lowest BCUT2D eigenvalue weighted by molar-refractivity contribution is -0.276. The summed E-state index contributed by atoms with van der Waals surface area (Å²) in [6, 6.07) is 26.1. The Morgan fingerprint density at radius 3 is 2.26 bits per heavy atom. The number of ether oxygens (including phenoxy) is 4. The highest BCUT2D eigenvalue weighted by Gasteiger charge is 2.47. The van der Waals surface area contributed by atoms with Crippen molar-refractivity contribution in [1.82, 2.24) is 15.1 Å². The van der Waals surface area contributed by atoms with Gasteiger partial charge in [0.1, 0.15) is 6.04 Å². The molecule has 57 heavy (non-hydrogen) atoms. The molecule has 0 aliphatic carbocycles. The summed E-state index contributed by atoms with van der Waals surface area (Å²) < 4.78 is 64.1. The van der Waals surface area contributed by atoms with E-state index in [-0.39, 0.29) is 44.2 Å². The van der Waals surface area contributed by atoms with E-state index in [2.05, 4.69) is 29.3 Å². The fourth-order valence-electron chi connectivity index (χ4n) is 8.20. The number of aliphatic hydroxyl groups is 1. The van der Waals surface area contributed by atoms with E-state index in [1.165, 1.54) is 11.1 Å². The molecule has 7 rings (SSSR count). The summed E-state index contributed by atoms with van der Waals surface area (Å²) in [4.78, 5) is 28.0. The molecular formula is C44H48F3N3O7. The maximum absolute atomic E-state index is 13.2. The summed E-state index contributed by atoms with van der Waals surface area (Å²) in [5, 5.41) is 12.4. The summed E-state index contributed by atoms with van der Waals surface area (Å²) in [5.41, 5.74) is 7.56. The van der Waals surface area contributed by atoms with Crippen LogP contribution in [0.5, 0.6) is 11.5 Å². The van der Waals surface area contributed by atoms with Gasteiger partial charge in [0.15, 0.2) is 17.8 Å². The van der Waals surface area contributed by atoms with Gasteiger partial charge in [-0.15, -0.1) is 0 Å². The zero-order valence-electron chi connectivity index (χ0n) is 32.3. The Bertz CT molecular complexity index is 2040. The third-order valence-corrected chi connectivity index (χ3v) is 11.4. The van der Waals surface area contributed by atoms with Crippen LogP contribution in [0.1, 0.15) is 65.5 Å². The number of carbonyl (C=O) groups excluding carboxylic acids is 2. The molecule has 0 saturated carbocycles. The molecule has 10 nitrogen and oxygen atoms in total. The Morgan fingerprint density at radius 2 is 1.58 bits per heavy atom. The van der Waals surface area contributed by atoms with Gasteiger partial charge in [0, 0.05) is 44.2 Å². The number of fused-ring (bicyclic) bond motifs is 1. The highest BCUT2D eigenvalue weighted by molar-refractivity contribution is 5.90. The average molecular weight is 788 g/mol. The van der Waals surface area contributed by atoms with Crippen LogP contribution in [-0.4, -0.2) is 78.9 Å². The number of nitrogens with one attached hydrogen (secondary N) is 1. The first-order valence-electron chi connectivity index (χ1n) is 19.3. The van der Waals surface area contributed by atoms with E-state index in [0.29, 0.717) is 23.6 Å². The summed E-state index contributed by atoms with van der Waals surface area (Å²) >= 11 is 0. The number of hydrogen-bond acceptors (Lipinski definition) is 8. The molecular weight excluding hydrogens is 739 g/mol. The van der Waals surface area contributed by atoms with Crippen LogP contribution in [0.25, 0.3) is 11.1 Å². The van der Waals surface area contributed by atoms with Crippen LogP contribution >= 0.6 is 0 Å². The van der Waals surface area contributed by atoms with Gasteiger partial charge in [-0.2, -0.15) is 13.2 Å². The van der Waals surface area contributed by atoms with Crippen molar-refractivity contribution in [3.63, 3.8) is 0 Å². The van der Waals surface area contributed by atoms with E-state index in [9.17, 15) is 27.9 Å². The van der Waals surface area contributed by atoms with Gasteiger partial charge < -0.3 is 34.3 Å². The number of methoxy groups -OCH3 is 2. The third kappa shape index (κ3) is 8.81. The van der Waals surface area contributed by atoms with Crippen LogP contribution in [0.4, 0.5) is 13.2 Å². The molecule has 0 spiro atoms. The van der Waals surface area contributed by atoms with Gasteiger partial charge in [-0.25, -0.2) is 0 Å². The van der Waals surface area contributed by atoms with Gasteiger partial charge in [-0.05, 0) is 70.3 Å². The lowest BCUT2D eigenvalue weighted by Gasteiger charge is -2.43. The molecule has 302 valence electrons. The third-order valence-electron chi connectivity index (χ3n) is 11.4. The van der Waals surface area contributed by atoms with Gasteiger partial charge in [-0.1, -0.05) is 79.7 Å². The highest BCUT2D eigenvalue weighted by Crippen LogP contribution is 2.43. The number of rotatable bonds is 11. The van der Waals surface area contributed by atoms with Gasteiger partial charge >= 0.3 is 12.1 Å². The Morgan fingerprint density at radius 1 is 0.895 bits per heavy atom. The average Bonchev–Trinajstić information content (AvgIpc) is 3.73. The van der Waals surface area contributed by atoms with E-state index < -0.39 is 30.3 Å². The molecule has 13 heteroatoms. The predicted molar refractivity (Wildman–Crippen MR) is 206 cm³/mol. The number of likely N-dealkylation sites (tertiary alicyclic amines) is 1. The molecule has 2 amide bonds. The molecule has 0 bridgehead atoms. The molecule has 2 fully saturated rings. The van der Waals surface area contributed by atoms with Crippen LogP contribution in [0.3, 0.4) is 0 Å². The molecule has 0 radical (unpaired) electrons. The predicted octanol–water partition coefficient (Wildman–Crippen LogP) is 6.88. The molecule has 4 aromatic rings. The minimum atomic E-state index is -5.04. The summed E-state index contributed by atoms with van der Waals surface area (Å²) in [5.74, 6) is -1.17. The van der Waals surface area contributed by atoms with E-state index in [1.54, 1.807) is 14.2 Å². The molecule has 0 aromatic heterocycles. The van der Waals surface area contributed by atoms with E-state index in [0.717, 1.165) is 58.6 Å². The van der Waals surface area contributed by atoms with Crippen LogP contribution in [-0.2, 0) is 45.2 Å². The summed E-state index contributed by atoms with van der Waals surface area (Å²) in [7, 11) is 3.29. The largest absolute Gasteiger partial charge is 0.493 e. The second kappa shape index (κ2) is 17.3. The first-order valence-corrected chi connectivity index (χ1v) is 19.3. The second-order valence-electron chi connectivity index (χ2n) is 14.9. The zero-order valence-corrected chi connectivity index (χ0v) is 32.3. The molecule has 3 aliphatic heterocycles. The topological polar surface area (TPSA) is 110 Å². The van der Waals surface area contributed by atoms with Crippen molar-refractivity contribution < 1.29 is 46.8 Å². The summed E-state index contributed by atoms with van der Waals surface area (Å²) in [6.45, 7) is 4.34. The Balaban J connectivity index is 1.08. The minimum Gasteiger partial charge on any atom is -0.493 e. The monoisotopic (exact) mass is 787 g/mol. The molecule has 5 atom stereocenters. The number of nitrogens with zero attached hydrogens (tertiary/aromatic N) is 2. The van der Waals surface area contributed by atoms with Gasteiger partial charge in [0.05, 0.1) is 33.0 Å². The van der Waals surface area contributed by atoms with Crippen molar-refractivity contribution in [3.8, 4) is 22.6 Å². The maximum Gasteiger partial charge on any atom is 0.471 e. The molecule has 2 saturated heterocycles. The number of alkyl halides is 3. The lowest BCUT2D eigenvalue weighted by atomic mass is 9.89. The van der Waals surface area contributed by atoms with Crippen LogP contribution in [0.2, 0.25) is 0 Å². The van der Waals surface area contributed by atoms with Crippen LogP contribution in [0.15, 0.2) is 84.9 Å². The molecule has 3 aliphatic rings. The number of aliphatic hydroxyl groups excluding tert-OH is 1. The quantitative estimate of drug-likeness (QED) is 0.170. The summed E-state index contributed by atoms with van der Waals surface area (Å²) in [6.07, 6.45) is -4.81. The van der Waals surface area contributed by atoms with Crippen molar-refractivity contribution >= 4 is 11.8 Å². The van der Waals surface area contributed by atoms with Crippen molar-refractivity contribution in [2.75, 3.05) is 33.9 Å². The van der Waals surface area contributed by atoms with E-state index in [1.807, 2.05) is 72.8 Å². The number of carbonyl (C=O) groups is 2. The Kier molecular flexibility index (Phi) is 12.2. The van der Waals surface area contributed by atoms with Crippen molar-refractivity contribution in [1.29, 1.82) is 0 Å². The number of halogens is 3. The highest BCUT2D eigenvalue weighted by atomic mass is 19.4. The van der Waals surface area contributed by atoms with Gasteiger partial charge in [-0.3, -0.25) is 14.5 Å². The van der Waals surface area contributed by atoms with Crippen molar-refractivity contribution in [2.24, 2.45) is 5.92 Å². The van der Waals surface area contributed by atoms with Crippen LogP contribution < -0.4 is 14.8 Å². The fourth-order valence-corrected chi connectivity index (χ4v) is 8.20. The molecule has 2 N–H and O–H groups in total. The SMILES string of the molecule is COc1cc2c(cc1OC)CN(CC1OC(c3ccc(-c4ccccc4CNC(=O)C4CCCN4C(=O)C(F)(F)F)cc3)OC(c3ccc(CO)cc3)C1C)CC2. The van der Waals surface area contributed by atoms with Gasteiger partial charge in [0.2, 0.25) is 5.91 Å². The van der Waals surface area contributed by atoms with Crippen molar-refractivity contribution in [2.45, 2.75) is 76.6 Å². The van der Waals surface area contributed by atoms with E-state index in [4.69, 9.17) is 18.9 Å². The lowest BCUT2D eigenvalue weighted by Crippen LogP contribution is -2.50. The second-order valence-corrected chi connectivity index (χ2v) is 14.9. The Labute approximate surface area is 330 Å². The fraction of sp³-hybridized carbons (Fsp3) is 0.409.